The van der Waals surface area contributed by atoms with E-state index in [4.69, 9.17) is 5.11 Å². The van der Waals surface area contributed by atoms with Crippen molar-refractivity contribution in [1.82, 2.24) is 4.90 Å². The topological polar surface area (TPSA) is 57.6 Å². The molecule has 1 aliphatic heterocycles. The molecule has 4 nitrogen and oxygen atoms in total. The number of hydrogen-bond donors (Lipinski definition) is 1. The molecular formula is C16H21NO3. The van der Waals surface area contributed by atoms with E-state index >= 15 is 0 Å². The minimum absolute atomic E-state index is 0.0474. The molecule has 1 aromatic carbocycles. The molecule has 108 valence electrons. The van der Waals surface area contributed by atoms with Crippen molar-refractivity contribution in [3.63, 3.8) is 0 Å². The van der Waals surface area contributed by atoms with E-state index in [9.17, 15) is 9.59 Å². The fraction of sp³-hybridized carbons (Fsp3) is 0.500. The smallest absolute Gasteiger partial charge is 0.305 e. The predicted octanol–water partition coefficient (Wildman–Crippen LogP) is 2.31. The molecule has 0 aliphatic carbocycles. The van der Waals surface area contributed by atoms with E-state index in [1.165, 1.54) is 0 Å². The van der Waals surface area contributed by atoms with Gasteiger partial charge in [-0.2, -0.15) is 0 Å². The normalized spacial score (nSPS) is 18.3. The number of benzene rings is 1. The van der Waals surface area contributed by atoms with Gasteiger partial charge in [0.25, 0.3) is 0 Å². The van der Waals surface area contributed by atoms with Crippen LogP contribution in [0.4, 0.5) is 0 Å². The van der Waals surface area contributed by atoms with Gasteiger partial charge in [0.2, 0.25) is 5.91 Å². The number of amides is 1. The molecule has 0 spiro atoms. The van der Waals surface area contributed by atoms with Crippen LogP contribution >= 0.6 is 0 Å². The minimum Gasteiger partial charge on any atom is -0.481 e. The Labute approximate surface area is 119 Å². The monoisotopic (exact) mass is 275 g/mol. The van der Waals surface area contributed by atoms with Gasteiger partial charge < -0.3 is 10.0 Å². The Morgan fingerprint density at radius 2 is 1.95 bits per heavy atom. The Bertz CT molecular complexity index is 504. The number of nitrogens with zero attached hydrogens (tertiary/aromatic N) is 1. The van der Waals surface area contributed by atoms with Gasteiger partial charge in [-0.25, -0.2) is 0 Å². The number of carbonyl (C=O) groups is 2. The van der Waals surface area contributed by atoms with Crippen molar-refractivity contribution < 1.29 is 14.7 Å². The van der Waals surface area contributed by atoms with Crippen molar-refractivity contribution >= 4 is 11.9 Å². The summed E-state index contributed by atoms with van der Waals surface area (Å²) in [7, 11) is 0. The minimum atomic E-state index is -0.832. The average molecular weight is 275 g/mol. The lowest BCUT2D eigenvalue weighted by atomic mass is 9.99. The molecule has 1 saturated heterocycles. The second-order valence-corrected chi connectivity index (χ2v) is 5.53. The number of carbonyl (C=O) groups excluding carboxylic acids is 1. The summed E-state index contributed by atoms with van der Waals surface area (Å²) in [6, 6.07) is 5.87. The number of rotatable bonds is 4. The van der Waals surface area contributed by atoms with E-state index in [1.807, 2.05) is 32.0 Å². The highest BCUT2D eigenvalue weighted by molar-refractivity contribution is 5.81. The van der Waals surface area contributed by atoms with Crippen LogP contribution in [0.15, 0.2) is 18.2 Å². The van der Waals surface area contributed by atoms with Gasteiger partial charge in [0.1, 0.15) is 0 Å². The Hall–Kier alpha value is -1.84. The fourth-order valence-corrected chi connectivity index (χ4v) is 2.96. The summed E-state index contributed by atoms with van der Waals surface area (Å²) in [6.45, 7) is 4.70. The first-order valence-electron chi connectivity index (χ1n) is 7.05. The van der Waals surface area contributed by atoms with Crippen LogP contribution in [0.2, 0.25) is 0 Å². The largest absolute Gasteiger partial charge is 0.481 e. The molecule has 1 unspecified atom stereocenters. The van der Waals surface area contributed by atoms with Gasteiger partial charge in [0.05, 0.1) is 12.8 Å². The highest BCUT2D eigenvalue weighted by Gasteiger charge is 2.30. The first-order valence-corrected chi connectivity index (χ1v) is 7.05. The van der Waals surface area contributed by atoms with Crippen LogP contribution in [0.1, 0.15) is 36.0 Å². The molecule has 4 heteroatoms. The van der Waals surface area contributed by atoms with Crippen LogP contribution < -0.4 is 0 Å². The van der Waals surface area contributed by atoms with Crippen LogP contribution in [0, 0.1) is 13.8 Å². The van der Waals surface area contributed by atoms with Gasteiger partial charge in [-0.15, -0.1) is 0 Å². The predicted molar refractivity (Wildman–Crippen MR) is 76.6 cm³/mol. The van der Waals surface area contributed by atoms with E-state index in [0.29, 0.717) is 13.0 Å². The molecule has 0 radical (unpaired) electrons. The van der Waals surface area contributed by atoms with Gasteiger partial charge >= 0.3 is 5.97 Å². The van der Waals surface area contributed by atoms with Gasteiger partial charge in [0, 0.05) is 12.6 Å². The first-order chi connectivity index (χ1) is 9.49. The number of aliphatic carboxylic acids is 1. The molecule has 1 N–H and O–H groups in total. The maximum atomic E-state index is 12.4. The average Bonchev–Trinajstić information content (AvgIpc) is 2.81. The lowest BCUT2D eigenvalue weighted by Crippen LogP contribution is -2.38. The zero-order valence-corrected chi connectivity index (χ0v) is 12.1. The number of carboxylic acids is 1. The second kappa shape index (κ2) is 6.07. The third-order valence-corrected chi connectivity index (χ3v) is 4.08. The molecule has 1 atom stereocenters. The van der Waals surface area contributed by atoms with Crippen molar-refractivity contribution in [2.45, 2.75) is 45.6 Å². The molecule has 0 saturated carbocycles. The summed E-state index contributed by atoms with van der Waals surface area (Å²) in [5.74, 6) is -0.784. The van der Waals surface area contributed by atoms with Crippen LogP contribution in [-0.4, -0.2) is 34.5 Å². The number of likely N-dealkylation sites (tertiary alicyclic amines) is 1. The number of hydrogen-bond acceptors (Lipinski definition) is 2. The zero-order chi connectivity index (χ0) is 14.7. The van der Waals surface area contributed by atoms with E-state index < -0.39 is 5.97 Å². The van der Waals surface area contributed by atoms with Crippen LogP contribution in [0.3, 0.4) is 0 Å². The molecule has 1 heterocycles. The Morgan fingerprint density at radius 1 is 1.30 bits per heavy atom. The van der Waals surface area contributed by atoms with Crippen molar-refractivity contribution in [2.24, 2.45) is 0 Å². The fourth-order valence-electron chi connectivity index (χ4n) is 2.96. The quantitative estimate of drug-likeness (QED) is 0.917. The van der Waals surface area contributed by atoms with Gasteiger partial charge in [-0.05, 0) is 43.4 Å². The standard InChI is InChI=1S/C16H21NO3/c1-11-5-3-6-12(2)14(11)10-15(18)17-8-4-7-13(17)9-16(19)20/h3,5-6,13H,4,7-10H2,1-2H3,(H,19,20). The van der Waals surface area contributed by atoms with E-state index in [0.717, 1.165) is 29.5 Å². The van der Waals surface area contributed by atoms with Crippen molar-refractivity contribution in [2.75, 3.05) is 6.54 Å². The Kier molecular flexibility index (Phi) is 4.42. The maximum absolute atomic E-state index is 12.4. The van der Waals surface area contributed by atoms with Crippen LogP contribution in [-0.2, 0) is 16.0 Å². The molecule has 2 rings (SSSR count). The first kappa shape index (κ1) is 14.6. The van der Waals surface area contributed by atoms with Crippen molar-refractivity contribution in [3.8, 4) is 0 Å². The number of aryl methyl sites for hydroxylation is 2. The lowest BCUT2D eigenvalue weighted by Gasteiger charge is -2.24. The third-order valence-electron chi connectivity index (χ3n) is 4.08. The second-order valence-electron chi connectivity index (χ2n) is 5.53. The molecule has 0 bridgehead atoms. The molecule has 1 amide bonds. The Morgan fingerprint density at radius 3 is 2.55 bits per heavy atom. The summed E-state index contributed by atoms with van der Waals surface area (Å²) in [5, 5.41) is 8.91. The summed E-state index contributed by atoms with van der Waals surface area (Å²) in [6.07, 6.45) is 2.12. The highest BCUT2D eigenvalue weighted by atomic mass is 16.4. The lowest BCUT2D eigenvalue weighted by molar-refractivity contribution is -0.139. The van der Waals surface area contributed by atoms with Crippen LogP contribution in [0.25, 0.3) is 0 Å². The van der Waals surface area contributed by atoms with Crippen LogP contribution in [0.5, 0.6) is 0 Å². The van der Waals surface area contributed by atoms with Gasteiger partial charge in [-0.3, -0.25) is 9.59 Å². The Balaban J connectivity index is 2.09. The third kappa shape index (κ3) is 3.18. The van der Waals surface area contributed by atoms with E-state index in [1.54, 1.807) is 4.90 Å². The highest BCUT2D eigenvalue weighted by Crippen LogP contribution is 2.22. The molecule has 1 aliphatic rings. The summed E-state index contributed by atoms with van der Waals surface area (Å²) >= 11 is 0. The van der Waals surface area contributed by atoms with E-state index in [2.05, 4.69) is 0 Å². The van der Waals surface area contributed by atoms with Gasteiger partial charge in [0.15, 0.2) is 0 Å². The zero-order valence-electron chi connectivity index (χ0n) is 12.1. The molecular weight excluding hydrogens is 254 g/mol. The summed E-state index contributed by atoms with van der Waals surface area (Å²) < 4.78 is 0. The molecule has 1 fully saturated rings. The van der Waals surface area contributed by atoms with Crippen molar-refractivity contribution in [3.05, 3.63) is 34.9 Å². The molecule has 1 aromatic rings. The summed E-state index contributed by atoms with van der Waals surface area (Å²) in [5.41, 5.74) is 3.30. The van der Waals surface area contributed by atoms with Crippen molar-refractivity contribution in [1.29, 1.82) is 0 Å². The molecule has 0 aromatic heterocycles. The SMILES string of the molecule is Cc1cccc(C)c1CC(=O)N1CCCC1CC(=O)O. The van der Waals surface area contributed by atoms with E-state index in [-0.39, 0.29) is 18.4 Å². The summed E-state index contributed by atoms with van der Waals surface area (Å²) in [4.78, 5) is 25.0. The van der Waals surface area contributed by atoms with Gasteiger partial charge in [-0.1, -0.05) is 18.2 Å². The molecule has 20 heavy (non-hydrogen) atoms. The number of carboxylic acid groups (broad SMARTS) is 1. The maximum Gasteiger partial charge on any atom is 0.305 e.